The number of nitrogens with one attached hydrogen (secondary N) is 1. The summed E-state index contributed by atoms with van der Waals surface area (Å²) in [4.78, 5) is 2.31. The molecule has 2 aromatic carbocycles. The van der Waals surface area contributed by atoms with Crippen molar-refractivity contribution in [2.45, 2.75) is 9.79 Å². The van der Waals surface area contributed by atoms with Crippen molar-refractivity contribution in [2.75, 3.05) is 12.4 Å². The summed E-state index contributed by atoms with van der Waals surface area (Å²) in [6.45, 7) is 0. The summed E-state index contributed by atoms with van der Waals surface area (Å²) in [6.07, 6.45) is 0. The van der Waals surface area contributed by atoms with Gasteiger partial charge in [0.05, 0.1) is 0 Å². The maximum atomic E-state index is 9.17. The smallest absolute Gasteiger partial charge is 0.115 e. The Morgan fingerprint density at radius 2 is 1.38 bits per heavy atom. The summed E-state index contributed by atoms with van der Waals surface area (Å²) >= 11 is 1.68. The predicted octanol–water partition coefficient (Wildman–Crippen LogP) is 3.59. The van der Waals surface area contributed by atoms with Gasteiger partial charge in [-0.1, -0.05) is 11.8 Å². The van der Waals surface area contributed by atoms with Gasteiger partial charge in [0.15, 0.2) is 0 Å². The highest BCUT2D eigenvalue weighted by molar-refractivity contribution is 7.99. The van der Waals surface area contributed by atoms with Crippen LogP contribution >= 0.6 is 11.8 Å². The van der Waals surface area contributed by atoms with E-state index in [2.05, 4.69) is 17.4 Å². The normalized spacial score (nSPS) is 10.1. The molecule has 0 bridgehead atoms. The predicted molar refractivity (Wildman–Crippen MR) is 68.2 cm³/mol. The number of hydrogen-bond acceptors (Lipinski definition) is 3. The first kappa shape index (κ1) is 10.9. The Morgan fingerprint density at radius 3 is 1.88 bits per heavy atom. The Kier molecular flexibility index (Phi) is 3.37. The van der Waals surface area contributed by atoms with Gasteiger partial charge in [0, 0.05) is 22.5 Å². The summed E-state index contributed by atoms with van der Waals surface area (Å²) in [5.41, 5.74) is 1.11. The van der Waals surface area contributed by atoms with E-state index in [0.29, 0.717) is 5.75 Å². The van der Waals surface area contributed by atoms with Crippen LogP contribution in [-0.2, 0) is 0 Å². The zero-order chi connectivity index (χ0) is 11.4. The maximum Gasteiger partial charge on any atom is 0.115 e. The third-order valence-corrected chi connectivity index (χ3v) is 3.23. The molecular weight excluding hydrogens is 218 g/mol. The molecule has 0 aromatic heterocycles. The molecule has 0 aliphatic carbocycles. The van der Waals surface area contributed by atoms with Gasteiger partial charge in [-0.15, -0.1) is 0 Å². The first-order chi connectivity index (χ1) is 7.78. The summed E-state index contributed by atoms with van der Waals surface area (Å²) in [7, 11) is 1.90. The van der Waals surface area contributed by atoms with Gasteiger partial charge in [0.1, 0.15) is 5.75 Å². The quantitative estimate of drug-likeness (QED) is 0.846. The van der Waals surface area contributed by atoms with Crippen LogP contribution in [0.1, 0.15) is 0 Å². The second-order valence-corrected chi connectivity index (χ2v) is 4.52. The minimum absolute atomic E-state index is 0.301. The summed E-state index contributed by atoms with van der Waals surface area (Å²) < 4.78 is 0. The highest BCUT2D eigenvalue weighted by Crippen LogP contribution is 2.29. The fourth-order valence-corrected chi connectivity index (χ4v) is 2.16. The zero-order valence-corrected chi connectivity index (χ0v) is 9.79. The molecule has 0 heterocycles. The number of phenolic OH excluding ortho intramolecular Hbond substituents is 1. The van der Waals surface area contributed by atoms with Crippen LogP contribution in [0, 0.1) is 0 Å². The van der Waals surface area contributed by atoms with Gasteiger partial charge in [-0.2, -0.15) is 0 Å². The topological polar surface area (TPSA) is 32.3 Å². The van der Waals surface area contributed by atoms with Crippen LogP contribution in [-0.4, -0.2) is 12.2 Å². The minimum atomic E-state index is 0.301. The molecule has 3 heteroatoms. The summed E-state index contributed by atoms with van der Waals surface area (Å²) in [6, 6.07) is 15.4. The SMILES string of the molecule is CNc1ccc(Sc2ccc(O)cc2)cc1. The molecule has 0 aliphatic rings. The van der Waals surface area contributed by atoms with Crippen LogP contribution in [0.25, 0.3) is 0 Å². The molecular formula is C13H13NOS. The fraction of sp³-hybridized carbons (Fsp3) is 0.0769. The fourth-order valence-electron chi connectivity index (χ4n) is 1.34. The van der Waals surface area contributed by atoms with Crippen LogP contribution in [0.3, 0.4) is 0 Å². The molecule has 0 radical (unpaired) electrons. The van der Waals surface area contributed by atoms with E-state index in [4.69, 9.17) is 0 Å². The third-order valence-electron chi connectivity index (χ3n) is 2.22. The average molecular weight is 231 g/mol. The highest BCUT2D eigenvalue weighted by Gasteiger charge is 1.97. The number of hydrogen-bond donors (Lipinski definition) is 2. The van der Waals surface area contributed by atoms with Crippen LogP contribution in [0.5, 0.6) is 5.75 Å². The Balaban J connectivity index is 2.11. The van der Waals surface area contributed by atoms with Gasteiger partial charge in [-0.25, -0.2) is 0 Å². The van der Waals surface area contributed by atoms with Crippen LogP contribution in [0.15, 0.2) is 58.3 Å². The number of aromatic hydroxyl groups is 1. The lowest BCUT2D eigenvalue weighted by Crippen LogP contribution is -1.86. The number of rotatable bonds is 3. The van der Waals surface area contributed by atoms with Crippen LogP contribution < -0.4 is 5.32 Å². The number of anilines is 1. The standard InChI is InChI=1S/C13H13NOS/c1-14-10-2-6-12(7-3-10)16-13-8-4-11(15)5-9-13/h2-9,14-15H,1H3. The van der Waals surface area contributed by atoms with E-state index in [9.17, 15) is 5.11 Å². The molecule has 0 saturated carbocycles. The second kappa shape index (κ2) is 4.94. The van der Waals surface area contributed by atoms with Gasteiger partial charge in [0.25, 0.3) is 0 Å². The molecule has 0 aliphatic heterocycles. The molecule has 2 nitrogen and oxygen atoms in total. The lowest BCUT2D eigenvalue weighted by Gasteiger charge is -2.03. The zero-order valence-electron chi connectivity index (χ0n) is 8.97. The molecule has 0 unspecified atom stereocenters. The molecule has 0 saturated heterocycles. The van der Waals surface area contributed by atoms with Gasteiger partial charge < -0.3 is 10.4 Å². The average Bonchev–Trinajstić information content (AvgIpc) is 2.33. The van der Waals surface area contributed by atoms with E-state index < -0.39 is 0 Å². The molecule has 2 aromatic rings. The van der Waals surface area contributed by atoms with E-state index in [0.717, 1.165) is 10.6 Å². The highest BCUT2D eigenvalue weighted by atomic mass is 32.2. The first-order valence-corrected chi connectivity index (χ1v) is 5.84. The van der Waals surface area contributed by atoms with Crippen molar-refractivity contribution < 1.29 is 5.11 Å². The van der Waals surface area contributed by atoms with E-state index in [1.165, 1.54) is 4.90 Å². The van der Waals surface area contributed by atoms with Crippen molar-refractivity contribution in [3.8, 4) is 5.75 Å². The molecule has 2 N–H and O–H groups in total. The largest absolute Gasteiger partial charge is 0.508 e. The van der Waals surface area contributed by atoms with Gasteiger partial charge >= 0.3 is 0 Å². The van der Waals surface area contributed by atoms with Gasteiger partial charge in [-0.05, 0) is 48.5 Å². The van der Waals surface area contributed by atoms with E-state index in [1.54, 1.807) is 23.9 Å². The Morgan fingerprint density at radius 1 is 0.875 bits per heavy atom. The molecule has 16 heavy (non-hydrogen) atoms. The van der Waals surface area contributed by atoms with E-state index in [-0.39, 0.29) is 0 Å². The Bertz CT molecular complexity index is 450. The van der Waals surface area contributed by atoms with Crippen LogP contribution in [0.2, 0.25) is 0 Å². The van der Waals surface area contributed by atoms with E-state index in [1.807, 2.05) is 31.3 Å². The van der Waals surface area contributed by atoms with Gasteiger partial charge in [-0.3, -0.25) is 0 Å². The lowest BCUT2D eigenvalue weighted by molar-refractivity contribution is 0.475. The van der Waals surface area contributed by atoms with Crippen molar-refractivity contribution in [3.63, 3.8) is 0 Å². The molecule has 0 fully saturated rings. The number of phenols is 1. The molecule has 0 amide bonds. The van der Waals surface area contributed by atoms with Gasteiger partial charge in [0.2, 0.25) is 0 Å². The lowest BCUT2D eigenvalue weighted by atomic mass is 10.3. The van der Waals surface area contributed by atoms with E-state index >= 15 is 0 Å². The summed E-state index contributed by atoms with van der Waals surface area (Å²) in [5.74, 6) is 0.301. The van der Waals surface area contributed by atoms with Crippen molar-refractivity contribution >= 4 is 17.4 Å². The number of benzene rings is 2. The summed E-state index contributed by atoms with van der Waals surface area (Å²) in [5, 5.41) is 12.3. The Labute approximate surface area is 99.3 Å². The molecule has 0 spiro atoms. The van der Waals surface area contributed by atoms with Crippen LogP contribution in [0.4, 0.5) is 5.69 Å². The second-order valence-electron chi connectivity index (χ2n) is 3.37. The molecule has 82 valence electrons. The van der Waals surface area contributed by atoms with Crippen molar-refractivity contribution in [1.82, 2.24) is 0 Å². The third kappa shape index (κ3) is 2.70. The molecule has 2 rings (SSSR count). The molecule has 0 atom stereocenters. The van der Waals surface area contributed by atoms with Crippen molar-refractivity contribution in [1.29, 1.82) is 0 Å². The van der Waals surface area contributed by atoms with Crippen molar-refractivity contribution in [2.24, 2.45) is 0 Å². The minimum Gasteiger partial charge on any atom is -0.508 e. The van der Waals surface area contributed by atoms with Crippen molar-refractivity contribution in [3.05, 3.63) is 48.5 Å². The Hall–Kier alpha value is -1.61. The first-order valence-electron chi connectivity index (χ1n) is 5.02. The maximum absolute atomic E-state index is 9.17. The monoisotopic (exact) mass is 231 g/mol.